The van der Waals surface area contributed by atoms with Gasteiger partial charge in [-0.2, -0.15) is 13.2 Å². The minimum atomic E-state index is -4.73. The standard InChI is InChI=1S/C31H37F4N7O3S/c1-4-45-27(43)7-9-40-10-11-42(20(3)17-40)26-16-36-24(15-37-26)29(44)39-30-38-28(25(46-30)18-41-8-5-6-19(41)2)21-12-22(31(33,34)35)14-23(32)13-21/h12-16,19-20H,4-11,17-18H2,1-3H3,(H,38,39,44)/t19-,20-/m1/s1. The van der Waals surface area contributed by atoms with E-state index in [0.717, 1.165) is 55.9 Å². The van der Waals surface area contributed by atoms with Gasteiger partial charge in [-0.15, -0.1) is 0 Å². The van der Waals surface area contributed by atoms with Gasteiger partial charge in [0.15, 0.2) is 5.13 Å². The number of thiazole rings is 1. The number of anilines is 2. The molecular formula is C31H37F4N7O3S. The van der Waals surface area contributed by atoms with E-state index >= 15 is 0 Å². The van der Waals surface area contributed by atoms with E-state index in [9.17, 15) is 27.2 Å². The zero-order chi connectivity index (χ0) is 33.0. The number of alkyl halides is 3. The minimum Gasteiger partial charge on any atom is -0.466 e. The highest BCUT2D eigenvalue weighted by atomic mass is 32.1. The zero-order valence-corrected chi connectivity index (χ0v) is 26.8. The molecule has 2 aliphatic rings. The Hall–Kier alpha value is -3.69. The molecule has 4 heterocycles. The van der Waals surface area contributed by atoms with Crippen LogP contribution in [0.1, 0.15) is 61.0 Å². The van der Waals surface area contributed by atoms with E-state index < -0.39 is 23.5 Å². The Morgan fingerprint density at radius 1 is 1.09 bits per heavy atom. The van der Waals surface area contributed by atoms with Crippen LogP contribution in [0.2, 0.25) is 0 Å². The number of nitrogens with one attached hydrogen (secondary N) is 1. The number of halogens is 4. The molecule has 2 aliphatic heterocycles. The van der Waals surface area contributed by atoms with Gasteiger partial charge in [0.2, 0.25) is 0 Å². The van der Waals surface area contributed by atoms with Crippen LogP contribution in [0.5, 0.6) is 0 Å². The summed E-state index contributed by atoms with van der Waals surface area (Å²) in [5.74, 6) is -1.20. The van der Waals surface area contributed by atoms with Gasteiger partial charge >= 0.3 is 12.1 Å². The Bertz CT molecular complexity index is 1540. The molecule has 2 atom stereocenters. The fourth-order valence-corrected chi connectivity index (χ4v) is 6.85. The van der Waals surface area contributed by atoms with Gasteiger partial charge < -0.3 is 9.64 Å². The number of nitrogens with zero attached hydrogens (tertiary/aromatic N) is 6. The molecule has 2 aromatic heterocycles. The highest BCUT2D eigenvalue weighted by Crippen LogP contribution is 2.38. The quantitative estimate of drug-likeness (QED) is 0.224. The smallest absolute Gasteiger partial charge is 0.416 e. The molecule has 15 heteroatoms. The average molecular weight is 664 g/mol. The van der Waals surface area contributed by atoms with Crippen LogP contribution in [0.15, 0.2) is 30.6 Å². The summed E-state index contributed by atoms with van der Waals surface area (Å²) in [5, 5.41) is 2.87. The Kier molecular flexibility index (Phi) is 10.5. The van der Waals surface area contributed by atoms with Gasteiger partial charge in [0.05, 0.1) is 36.7 Å². The number of piperazine rings is 1. The molecule has 0 spiro atoms. The van der Waals surface area contributed by atoms with Gasteiger partial charge in [-0.05, 0) is 58.4 Å². The van der Waals surface area contributed by atoms with Gasteiger partial charge in [0.25, 0.3) is 5.91 Å². The van der Waals surface area contributed by atoms with Crippen LogP contribution >= 0.6 is 11.3 Å². The van der Waals surface area contributed by atoms with Crippen molar-refractivity contribution in [2.45, 2.75) is 64.8 Å². The van der Waals surface area contributed by atoms with Crippen LogP contribution in [0.3, 0.4) is 0 Å². The fraction of sp³-hybridized carbons (Fsp3) is 0.516. The number of rotatable bonds is 10. The molecule has 10 nitrogen and oxygen atoms in total. The predicted molar refractivity (Wildman–Crippen MR) is 166 cm³/mol. The Labute approximate surface area is 268 Å². The second-order valence-electron chi connectivity index (χ2n) is 11.6. The van der Waals surface area contributed by atoms with Crippen LogP contribution in [-0.2, 0) is 22.3 Å². The lowest BCUT2D eigenvalue weighted by Crippen LogP contribution is -2.52. The highest BCUT2D eigenvalue weighted by molar-refractivity contribution is 7.16. The molecular weight excluding hydrogens is 626 g/mol. The molecule has 0 unspecified atom stereocenters. The second kappa shape index (κ2) is 14.4. The first-order chi connectivity index (χ1) is 21.9. The van der Waals surface area contributed by atoms with Crippen molar-refractivity contribution in [1.82, 2.24) is 24.8 Å². The molecule has 0 aliphatic carbocycles. The number of carbonyl (C=O) groups is 2. The summed E-state index contributed by atoms with van der Waals surface area (Å²) < 4.78 is 59.8. The molecule has 0 bridgehead atoms. The van der Waals surface area contributed by atoms with E-state index in [-0.39, 0.29) is 40.1 Å². The first-order valence-electron chi connectivity index (χ1n) is 15.3. The summed E-state index contributed by atoms with van der Waals surface area (Å²) in [6.45, 7) is 10.2. The van der Waals surface area contributed by atoms with Crippen molar-refractivity contribution >= 4 is 34.2 Å². The summed E-state index contributed by atoms with van der Waals surface area (Å²) in [5.41, 5.74) is -0.878. The lowest BCUT2D eigenvalue weighted by molar-refractivity contribution is -0.143. The molecule has 248 valence electrons. The third-order valence-corrected chi connectivity index (χ3v) is 9.22. The average Bonchev–Trinajstić information content (AvgIpc) is 3.60. The minimum absolute atomic E-state index is 0.00909. The molecule has 5 rings (SSSR count). The number of ether oxygens (including phenoxy) is 1. The number of hydrogen-bond donors (Lipinski definition) is 1. The van der Waals surface area contributed by atoms with Gasteiger partial charge in [-0.25, -0.2) is 19.3 Å². The molecule has 1 amide bonds. The molecule has 1 N–H and O–H groups in total. The maximum atomic E-state index is 14.3. The number of benzene rings is 1. The van der Waals surface area contributed by atoms with Gasteiger partial charge in [0.1, 0.15) is 17.3 Å². The molecule has 2 fully saturated rings. The van der Waals surface area contributed by atoms with Crippen molar-refractivity contribution in [1.29, 1.82) is 0 Å². The van der Waals surface area contributed by atoms with Crippen molar-refractivity contribution in [3.8, 4) is 11.3 Å². The first-order valence-corrected chi connectivity index (χ1v) is 16.1. The maximum Gasteiger partial charge on any atom is 0.416 e. The lowest BCUT2D eigenvalue weighted by atomic mass is 10.1. The second-order valence-corrected chi connectivity index (χ2v) is 12.7. The Morgan fingerprint density at radius 2 is 1.89 bits per heavy atom. The monoisotopic (exact) mass is 663 g/mol. The van der Waals surface area contributed by atoms with Crippen molar-refractivity contribution in [3.05, 3.63) is 52.5 Å². The molecule has 3 aromatic rings. The third-order valence-electron chi connectivity index (χ3n) is 8.27. The Balaban J connectivity index is 1.29. The van der Waals surface area contributed by atoms with Gasteiger partial charge in [-0.3, -0.25) is 24.7 Å². The SMILES string of the molecule is CCOC(=O)CCN1CCN(c2cnc(C(=O)Nc3nc(-c4cc(F)cc(C(F)(F)F)c4)c(CN4CCC[C@H]4C)s3)cn2)[C@H](C)C1. The van der Waals surface area contributed by atoms with Gasteiger partial charge in [0, 0.05) is 55.2 Å². The third kappa shape index (κ3) is 8.17. The van der Waals surface area contributed by atoms with E-state index in [1.807, 2.05) is 0 Å². The van der Waals surface area contributed by atoms with Crippen molar-refractivity contribution < 1.29 is 31.9 Å². The first kappa shape index (κ1) is 33.7. The van der Waals surface area contributed by atoms with Crippen LogP contribution in [0.4, 0.5) is 28.5 Å². The molecule has 0 radical (unpaired) electrons. The predicted octanol–water partition coefficient (Wildman–Crippen LogP) is 5.46. The highest BCUT2D eigenvalue weighted by Gasteiger charge is 2.33. The normalized spacial score (nSPS) is 19.4. The fourth-order valence-electron chi connectivity index (χ4n) is 5.85. The summed E-state index contributed by atoms with van der Waals surface area (Å²) >= 11 is 1.14. The van der Waals surface area contributed by atoms with E-state index in [4.69, 9.17) is 4.74 Å². The molecule has 46 heavy (non-hydrogen) atoms. The van der Waals surface area contributed by atoms with Crippen LogP contribution < -0.4 is 10.2 Å². The molecule has 2 saturated heterocycles. The van der Waals surface area contributed by atoms with Crippen LogP contribution in [-0.4, -0.2) is 88.0 Å². The topological polar surface area (TPSA) is 104 Å². The number of aromatic nitrogens is 3. The van der Waals surface area contributed by atoms with Gasteiger partial charge in [-0.1, -0.05) is 11.3 Å². The summed E-state index contributed by atoms with van der Waals surface area (Å²) in [4.78, 5) is 45.2. The molecule has 1 aromatic carbocycles. The van der Waals surface area contributed by atoms with E-state index in [1.165, 1.54) is 12.4 Å². The van der Waals surface area contributed by atoms with Crippen LogP contribution in [0, 0.1) is 5.82 Å². The summed E-state index contributed by atoms with van der Waals surface area (Å²) in [7, 11) is 0. The zero-order valence-electron chi connectivity index (χ0n) is 25.9. The van der Waals surface area contributed by atoms with Crippen molar-refractivity contribution in [2.24, 2.45) is 0 Å². The van der Waals surface area contributed by atoms with E-state index in [2.05, 4.69) is 48.8 Å². The Morgan fingerprint density at radius 3 is 2.54 bits per heavy atom. The van der Waals surface area contributed by atoms with E-state index in [1.54, 1.807) is 6.92 Å². The number of esters is 1. The number of carbonyl (C=O) groups excluding carboxylic acids is 2. The number of likely N-dealkylation sites (tertiary alicyclic amines) is 1. The number of amides is 1. The summed E-state index contributed by atoms with van der Waals surface area (Å²) in [6, 6.07) is 2.73. The van der Waals surface area contributed by atoms with Crippen molar-refractivity contribution in [3.63, 3.8) is 0 Å². The summed E-state index contributed by atoms with van der Waals surface area (Å²) in [6.07, 6.45) is 0.491. The largest absolute Gasteiger partial charge is 0.466 e. The number of hydrogen-bond acceptors (Lipinski definition) is 10. The lowest BCUT2D eigenvalue weighted by Gasteiger charge is -2.40. The maximum absolute atomic E-state index is 14.3. The van der Waals surface area contributed by atoms with Crippen LogP contribution in [0.25, 0.3) is 11.3 Å². The van der Waals surface area contributed by atoms with Crippen molar-refractivity contribution in [2.75, 3.05) is 49.5 Å². The molecule has 0 saturated carbocycles. The van der Waals surface area contributed by atoms with E-state index in [0.29, 0.717) is 49.4 Å².